The van der Waals surface area contributed by atoms with Crippen molar-refractivity contribution >= 4 is 23.4 Å². The third-order valence-electron chi connectivity index (χ3n) is 7.71. The highest BCUT2D eigenvalue weighted by Gasteiger charge is 2.21. The quantitative estimate of drug-likeness (QED) is 0.191. The van der Waals surface area contributed by atoms with Crippen LogP contribution in [-0.2, 0) is 14.3 Å². The first-order valence-electron chi connectivity index (χ1n) is 15.0. The number of aromatic nitrogens is 1. The Bertz CT molecular complexity index is 1110. The molecule has 0 saturated heterocycles. The predicted molar refractivity (Wildman–Crippen MR) is 160 cm³/mol. The fraction of sp³-hybridized carbons (Fsp3) is 0.515. The lowest BCUT2D eigenvalue weighted by atomic mass is 9.86. The number of nitrogens with zero attached hydrogens (tertiary/aromatic N) is 1. The Kier molecular flexibility index (Phi) is 14.1. The molecule has 0 unspecified atom stereocenters. The van der Waals surface area contributed by atoms with Gasteiger partial charge in [-0.1, -0.05) is 69.2 Å². The van der Waals surface area contributed by atoms with Crippen LogP contribution < -0.4 is 10.6 Å². The van der Waals surface area contributed by atoms with Gasteiger partial charge >= 0.3 is 5.97 Å². The van der Waals surface area contributed by atoms with Gasteiger partial charge in [0.25, 0.3) is 5.91 Å². The van der Waals surface area contributed by atoms with Crippen LogP contribution in [0.15, 0.2) is 54.9 Å². The molecule has 1 heterocycles. The number of nitrogens with one attached hydrogen (secondary N) is 2. The van der Waals surface area contributed by atoms with Gasteiger partial charge in [0.05, 0.1) is 13.7 Å². The summed E-state index contributed by atoms with van der Waals surface area (Å²) in [6.45, 7) is 0.0698. The Labute approximate surface area is 244 Å². The zero-order valence-electron chi connectivity index (χ0n) is 24.3. The van der Waals surface area contributed by atoms with Crippen LogP contribution in [0, 0.1) is 5.92 Å². The van der Waals surface area contributed by atoms with E-state index in [-0.39, 0.29) is 11.9 Å². The number of ether oxygens (including phenoxy) is 1. The summed E-state index contributed by atoms with van der Waals surface area (Å²) >= 11 is 0. The average Bonchev–Trinajstić information content (AvgIpc) is 3.02. The van der Waals surface area contributed by atoms with Crippen LogP contribution in [0.5, 0.6) is 0 Å². The monoisotopic (exact) mass is 563 g/mol. The maximum absolute atomic E-state index is 12.9. The van der Waals surface area contributed by atoms with Crippen LogP contribution in [-0.4, -0.2) is 54.2 Å². The molecule has 1 aromatic carbocycles. The smallest absolute Gasteiger partial charge is 0.305 e. The second-order valence-corrected chi connectivity index (χ2v) is 10.8. The third kappa shape index (κ3) is 11.1. The highest BCUT2D eigenvalue weighted by Crippen LogP contribution is 2.27. The van der Waals surface area contributed by atoms with E-state index < -0.39 is 18.6 Å². The molecule has 8 heteroatoms. The predicted octanol–water partition coefficient (Wildman–Crippen LogP) is 5.20. The number of aliphatic hydroxyl groups is 1. The molecular weight excluding hydrogens is 518 g/mol. The minimum absolute atomic E-state index is 0.207. The van der Waals surface area contributed by atoms with E-state index in [4.69, 9.17) is 4.74 Å². The number of carbonyl (C=O) groups is 3. The lowest BCUT2D eigenvalue weighted by Crippen LogP contribution is -2.49. The van der Waals surface area contributed by atoms with E-state index in [1.54, 1.807) is 24.5 Å². The van der Waals surface area contributed by atoms with Crippen LogP contribution in [0.1, 0.15) is 98.5 Å². The first kappa shape index (κ1) is 32.0. The van der Waals surface area contributed by atoms with Crippen molar-refractivity contribution in [1.82, 2.24) is 15.6 Å². The van der Waals surface area contributed by atoms with Crippen molar-refractivity contribution in [3.05, 3.63) is 71.6 Å². The third-order valence-corrected chi connectivity index (χ3v) is 7.71. The molecule has 1 aliphatic rings. The number of allylic oxidation sites excluding steroid dienone is 1. The second kappa shape index (κ2) is 18.0. The van der Waals surface area contributed by atoms with Gasteiger partial charge < -0.3 is 20.5 Å². The summed E-state index contributed by atoms with van der Waals surface area (Å²) in [5.41, 5.74) is 3.26. The summed E-state index contributed by atoms with van der Waals surface area (Å²) in [4.78, 5) is 41.1. The number of pyridine rings is 1. The molecule has 1 aliphatic carbocycles. The largest absolute Gasteiger partial charge is 0.469 e. The number of methoxy groups -OCH3 is 1. The van der Waals surface area contributed by atoms with Gasteiger partial charge in [0.1, 0.15) is 6.04 Å². The first-order chi connectivity index (χ1) is 20.0. The number of benzene rings is 1. The van der Waals surface area contributed by atoms with Gasteiger partial charge in [-0.15, -0.1) is 0 Å². The Hall–Kier alpha value is -3.52. The highest BCUT2D eigenvalue weighted by atomic mass is 16.5. The summed E-state index contributed by atoms with van der Waals surface area (Å²) in [5, 5.41) is 15.3. The molecular formula is C33H45N3O5. The van der Waals surface area contributed by atoms with Gasteiger partial charge in [-0.2, -0.15) is 0 Å². The van der Waals surface area contributed by atoms with E-state index in [1.165, 1.54) is 45.6 Å². The molecule has 222 valence electrons. The maximum atomic E-state index is 12.9. The Morgan fingerprint density at radius 3 is 2.44 bits per heavy atom. The van der Waals surface area contributed by atoms with Crippen molar-refractivity contribution in [1.29, 1.82) is 0 Å². The van der Waals surface area contributed by atoms with Crippen LogP contribution in [0.2, 0.25) is 0 Å². The van der Waals surface area contributed by atoms with Gasteiger partial charge in [0, 0.05) is 36.5 Å². The highest BCUT2D eigenvalue weighted by molar-refractivity contribution is 5.98. The molecule has 2 amide bonds. The van der Waals surface area contributed by atoms with Gasteiger partial charge in [-0.05, 0) is 60.9 Å². The standard InChI is InChI=1S/C33H45N3O5/c1-41-31(38)16-7-3-6-15-29(28-14-10-21-34-23-28)26-17-19-27(20-18-26)32(39)36-30(24-37)33(40)35-22-9-8-13-25-11-4-2-5-12-25/h10,14-15,17-21,23,25,30,37H,2-9,11-13,16,22,24H2,1H3,(H,35,40)(H,36,39)/t30-/m0/s1. The Balaban J connectivity index is 1.52. The molecule has 8 nitrogen and oxygen atoms in total. The van der Waals surface area contributed by atoms with Crippen LogP contribution in [0.3, 0.4) is 0 Å². The summed E-state index contributed by atoms with van der Waals surface area (Å²) in [5.74, 6) is -0.174. The second-order valence-electron chi connectivity index (χ2n) is 10.8. The van der Waals surface area contributed by atoms with Crippen molar-refractivity contribution in [3.8, 4) is 0 Å². The lowest BCUT2D eigenvalue weighted by Gasteiger charge is -2.21. The molecule has 3 N–H and O–H groups in total. The summed E-state index contributed by atoms with van der Waals surface area (Å²) < 4.78 is 4.71. The van der Waals surface area contributed by atoms with Gasteiger partial charge in [-0.3, -0.25) is 19.4 Å². The van der Waals surface area contributed by atoms with Crippen molar-refractivity contribution in [3.63, 3.8) is 0 Å². The SMILES string of the molecule is COC(=O)CCCCC=C(c1ccc(C(=O)N[C@@H](CO)C(=O)NCCCCC2CCCCC2)cc1)c1cccnc1. The van der Waals surface area contributed by atoms with E-state index in [9.17, 15) is 19.5 Å². The minimum atomic E-state index is -1.00. The van der Waals surface area contributed by atoms with Gasteiger partial charge in [-0.25, -0.2) is 0 Å². The van der Waals surface area contributed by atoms with Crippen molar-refractivity contribution < 1.29 is 24.2 Å². The van der Waals surface area contributed by atoms with E-state index in [1.807, 2.05) is 24.3 Å². The van der Waals surface area contributed by atoms with Crippen LogP contribution >= 0.6 is 0 Å². The molecule has 0 aliphatic heterocycles. The summed E-state index contributed by atoms with van der Waals surface area (Å²) in [6, 6.07) is 10.0. The molecule has 1 atom stereocenters. The number of esters is 1. The van der Waals surface area contributed by atoms with E-state index in [0.29, 0.717) is 18.5 Å². The molecule has 0 spiro atoms. The van der Waals surface area contributed by atoms with Crippen LogP contribution in [0.25, 0.3) is 5.57 Å². The molecule has 0 bridgehead atoms. The Morgan fingerprint density at radius 2 is 1.76 bits per heavy atom. The Morgan fingerprint density at radius 1 is 1.00 bits per heavy atom. The normalized spacial score (nSPS) is 14.7. The number of unbranched alkanes of at least 4 members (excludes halogenated alkanes) is 3. The zero-order chi connectivity index (χ0) is 29.3. The molecule has 3 rings (SSSR count). The molecule has 1 saturated carbocycles. The number of carbonyl (C=O) groups excluding carboxylic acids is 3. The minimum Gasteiger partial charge on any atom is -0.469 e. The molecule has 2 aromatic rings. The maximum Gasteiger partial charge on any atom is 0.305 e. The van der Waals surface area contributed by atoms with Gasteiger partial charge in [0.15, 0.2) is 0 Å². The molecule has 1 fully saturated rings. The molecule has 41 heavy (non-hydrogen) atoms. The first-order valence-corrected chi connectivity index (χ1v) is 15.0. The number of aliphatic hydroxyl groups excluding tert-OH is 1. The van der Waals surface area contributed by atoms with Crippen LogP contribution in [0.4, 0.5) is 0 Å². The number of rotatable bonds is 16. The lowest BCUT2D eigenvalue weighted by molar-refractivity contribution is -0.140. The fourth-order valence-corrected chi connectivity index (χ4v) is 5.29. The zero-order valence-corrected chi connectivity index (χ0v) is 24.3. The van der Waals surface area contributed by atoms with E-state index >= 15 is 0 Å². The molecule has 0 radical (unpaired) electrons. The average molecular weight is 564 g/mol. The topological polar surface area (TPSA) is 118 Å². The van der Waals surface area contributed by atoms with Crippen molar-refractivity contribution in [2.75, 3.05) is 20.3 Å². The number of hydrogen-bond acceptors (Lipinski definition) is 6. The number of amides is 2. The molecule has 1 aromatic heterocycles. The van der Waals surface area contributed by atoms with Crippen molar-refractivity contribution in [2.45, 2.75) is 83.1 Å². The summed E-state index contributed by atoms with van der Waals surface area (Å²) in [7, 11) is 1.39. The summed E-state index contributed by atoms with van der Waals surface area (Å²) in [6.07, 6.45) is 18.2. The van der Waals surface area contributed by atoms with E-state index in [2.05, 4.69) is 21.7 Å². The number of hydrogen-bond donors (Lipinski definition) is 3. The van der Waals surface area contributed by atoms with E-state index in [0.717, 1.165) is 54.7 Å². The fourth-order valence-electron chi connectivity index (χ4n) is 5.29. The van der Waals surface area contributed by atoms with Gasteiger partial charge in [0.2, 0.25) is 5.91 Å². The van der Waals surface area contributed by atoms with Crippen molar-refractivity contribution in [2.24, 2.45) is 5.92 Å².